The first-order chi connectivity index (χ1) is 8.54. The van der Waals surface area contributed by atoms with Crippen LogP contribution in [0, 0.1) is 6.92 Å². The fourth-order valence-electron chi connectivity index (χ4n) is 1.74. The first-order valence-electron chi connectivity index (χ1n) is 5.44. The molecule has 0 N–H and O–H groups in total. The monoisotopic (exact) mass is 367 g/mol. The van der Waals surface area contributed by atoms with Crippen LogP contribution in [-0.4, -0.2) is 10.8 Å². The van der Waals surface area contributed by atoms with Gasteiger partial charge >= 0.3 is 0 Å². The maximum absolute atomic E-state index is 12.2. The van der Waals surface area contributed by atoms with Crippen molar-refractivity contribution in [2.24, 2.45) is 0 Å². The van der Waals surface area contributed by atoms with Gasteiger partial charge in [-0.2, -0.15) is 0 Å². The third kappa shape index (κ3) is 3.50. The predicted octanol–water partition coefficient (Wildman–Crippen LogP) is 4.34. The minimum absolute atomic E-state index is 0.0966. The van der Waals surface area contributed by atoms with E-state index in [9.17, 15) is 4.79 Å². The summed E-state index contributed by atoms with van der Waals surface area (Å²) >= 11 is 6.76. The Labute approximate surface area is 123 Å². The number of carbonyl (C=O) groups is 1. The SMILES string of the molecule is Cc1cc(Br)cc(C(=O)Cc2cncc(Br)c2)c1. The lowest BCUT2D eigenvalue weighted by atomic mass is 10.0. The van der Waals surface area contributed by atoms with Crippen LogP contribution in [0.15, 0.2) is 45.6 Å². The van der Waals surface area contributed by atoms with E-state index in [-0.39, 0.29) is 5.78 Å². The van der Waals surface area contributed by atoms with Gasteiger partial charge in [-0.1, -0.05) is 15.9 Å². The summed E-state index contributed by atoms with van der Waals surface area (Å²) in [7, 11) is 0. The van der Waals surface area contributed by atoms with Gasteiger partial charge in [0.25, 0.3) is 0 Å². The lowest BCUT2D eigenvalue weighted by molar-refractivity contribution is 0.0992. The van der Waals surface area contributed by atoms with E-state index >= 15 is 0 Å². The van der Waals surface area contributed by atoms with Crippen LogP contribution in [0.5, 0.6) is 0 Å². The van der Waals surface area contributed by atoms with Gasteiger partial charge in [0.1, 0.15) is 0 Å². The molecular weight excluding hydrogens is 358 g/mol. The fraction of sp³-hybridized carbons (Fsp3) is 0.143. The molecule has 0 amide bonds. The van der Waals surface area contributed by atoms with Gasteiger partial charge in [0, 0.05) is 33.3 Å². The molecule has 4 heteroatoms. The second kappa shape index (κ2) is 5.76. The van der Waals surface area contributed by atoms with E-state index in [4.69, 9.17) is 0 Å². The van der Waals surface area contributed by atoms with E-state index in [2.05, 4.69) is 36.8 Å². The summed E-state index contributed by atoms with van der Waals surface area (Å²) in [6, 6.07) is 7.65. The molecule has 1 aromatic heterocycles. The van der Waals surface area contributed by atoms with Crippen molar-refractivity contribution in [3.8, 4) is 0 Å². The molecule has 0 aliphatic heterocycles. The van der Waals surface area contributed by atoms with E-state index < -0.39 is 0 Å². The van der Waals surface area contributed by atoms with Crippen LogP contribution in [0.2, 0.25) is 0 Å². The van der Waals surface area contributed by atoms with Gasteiger partial charge in [-0.25, -0.2) is 0 Å². The van der Waals surface area contributed by atoms with Crippen molar-refractivity contribution in [1.82, 2.24) is 4.98 Å². The zero-order chi connectivity index (χ0) is 13.1. The van der Waals surface area contributed by atoms with Gasteiger partial charge in [-0.3, -0.25) is 9.78 Å². The molecule has 1 aromatic carbocycles. The quantitative estimate of drug-likeness (QED) is 0.754. The molecule has 0 saturated heterocycles. The van der Waals surface area contributed by atoms with Crippen LogP contribution in [0.25, 0.3) is 0 Å². The molecular formula is C14H11Br2NO. The first-order valence-corrected chi connectivity index (χ1v) is 7.03. The summed E-state index contributed by atoms with van der Waals surface area (Å²) < 4.78 is 1.82. The maximum Gasteiger partial charge on any atom is 0.167 e. The highest BCUT2D eigenvalue weighted by atomic mass is 79.9. The van der Waals surface area contributed by atoms with Crippen LogP contribution in [0.4, 0.5) is 0 Å². The molecule has 0 aliphatic carbocycles. The second-order valence-electron chi connectivity index (χ2n) is 4.13. The maximum atomic E-state index is 12.2. The zero-order valence-corrected chi connectivity index (χ0v) is 13.0. The standard InChI is InChI=1S/C14H11Br2NO/c1-9-2-11(6-12(15)3-9)14(18)5-10-4-13(16)8-17-7-10/h2-4,6-8H,5H2,1H3. The predicted molar refractivity (Wildman–Crippen MR) is 78.9 cm³/mol. The third-order valence-corrected chi connectivity index (χ3v) is 3.38. The van der Waals surface area contributed by atoms with Crippen LogP contribution >= 0.6 is 31.9 Å². The molecule has 0 spiro atoms. The number of pyridine rings is 1. The normalized spacial score (nSPS) is 10.4. The van der Waals surface area contributed by atoms with Gasteiger partial charge < -0.3 is 0 Å². The average Bonchev–Trinajstić information content (AvgIpc) is 2.27. The molecule has 0 aliphatic rings. The van der Waals surface area contributed by atoms with Crippen LogP contribution in [0.1, 0.15) is 21.5 Å². The smallest absolute Gasteiger partial charge is 0.167 e. The number of ketones is 1. The number of aromatic nitrogens is 1. The summed E-state index contributed by atoms with van der Waals surface area (Å²) in [4.78, 5) is 16.2. The summed E-state index contributed by atoms with van der Waals surface area (Å²) in [5.74, 6) is 0.0966. The van der Waals surface area contributed by atoms with Crippen LogP contribution in [-0.2, 0) is 6.42 Å². The topological polar surface area (TPSA) is 30.0 Å². The number of carbonyl (C=O) groups excluding carboxylic acids is 1. The molecule has 0 fully saturated rings. The van der Waals surface area contributed by atoms with Crippen LogP contribution in [0.3, 0.4) is 0 Å². The minimum Gasteiger partial charge on any atom is -0.294 e. The summed E-state index contributed by atoms with van der Waals surface area (Å²) in [6.07, 6.45) is 3.78. The molecule has 0 unspecified atom stereocenters. The Hall–Kier alpha value is -1.000. The van der Waals surface area contributed by atoms with E-state index in [0.29, 0.717) is 6.42 Å². The molecule has 0 radical (unpaired) electrons. The van der Waals surface area contributed by atoms with Gasteiger partial charge in [0.05, 0.1) is 0 Å². The average molecular weight is 369 g/mol. The van der Waals surface area contributed by atoms with Crippen molar-refractivity contribution in [2.45, 2.75) is 13.3 Å². The van der Waals surface area contributed by atoms with E-state index in [0.717, 1.165) is 25.6 Å². The largest absolute Gasteiger partial charge is 0.294 e. The number of aryl methyl sites for hydroxylation is 1. The van der Waals surface area contributed by atoms with Crippen LogP contribution < -0.4 is 0 Å². The summed E-state index contributed by atoms with van der Waals surface area (Å²) in [5, 5.41) is 0. The number of nitrogens with zero attached hydrogens (tertiary/aromatic N) is 1. The zero-order valence-electron chi connectivity index (χ0n) is 9.78. The minimum atomic E-state index is 0.0966. The highest BCUT2D eigenvalue weighted by Gasteiger charge is 2.09. The Kier molecular flexibility index (Phi) is 4.30. The summed E-state index contributed by atoms with van der Waals surface area (Å²) in [6.45, 7) is 1.97. The molecule has 0 saturated carbocycles. The van der Waals surface area contributed by atoms with Crippen molar-refractivity contribution in [3.05, 3.63) is 62.3 Å². The number of rotatable bonds is 3. The molecule has 1 heterocycles. The van der Waals surface area contributed by atoms with E-state index in [1.807, 2.05) is 31.2 Å². The van der Waals surface area contributed by atoms with Crippen molar-refractivity contribution in [3.63, 3.8) is 0 Å². The Bertz CT molecular complexity index is 576. The molecule has 0 atom stereocenters. The van der Waals surface area contributed by atoms with Crippen molar-refractivity contribution < 1.29 is 4.79 Å². The molecule has 0 bridgehead atoms. The number of benzene rings is 1. The van der Waals surface area contributed by atoms with Gasteiger partial charge in [0.2, 0.25) is 0 Å². The molecule has 2 aromatic rings. The third-order valence-electron chi connectivity index (χ3n) is 2.49. The Morgan fingerprint density at radius 1 is 1.11 bits per heavy atom. The Morgan fingerprint density at radius 2 is 1.89 bits per heavy atom. The fourth-order valence-corrected chi connectivity index (χ4v) is 2.76. The summed E-state index contributed by atoms with van der Waals surface area (Å²) in [5.41, 5.74) is 2.70. The number of hydrogen-bond acceptors (Lipinski definition) is 2. The van der Waals surface area contributed by atoms with Crippen molar-refractivity contribution >= 4 is 37.6 Å². The second-order valence-corrected chi connectivity index (χ2v) is 5.96. The number of Topliss-reactive ketones (excluding diaryl/α,β-unsaturated/α-hetero) is 1. The van der Waals surface area contributed by atoms with E-state index in [1.54, 1.807) is 12.4 Å². The Balaban J connectivity index is 2.22. The van der Waals surface area contributed by atoms with Crippen molar-refractivity contribution in [1.29, 1.82) is 0 Å². The molecule has 2 rings (SSSR count). The van der Waals surface area contributed by atoms with Gasteiger partial charge in [-0.15, -0.1) is 0 Å². The highest BCUT2D eigenvalue weighted by molar-refractivity contribution is 9.10. The first kappa shape index (κ1) is 13.4. The molecule has 2 nitrogen and oxygen atoms in total. The van der Waals surface area contributed by atoms with E-state index in [1.165, 1.54) is 0 Å². The molecule has 92 valence electrons. The highest BCUT2D eigenvalue weighted by Crippen LogP contribution is 2.18. The van der Waals surface area contributed by atoms with Gasteiger partial charge in [-0.05, 0) is 58.2 Å². The van der Waals surface area contributed by atoms with Gasteiger partial charge in [0.15, 0.2) is 5.78 Å². The Morgan fingerprint density at radius 3 is 2.56 bits per heavy atom. The lowest BCUT2D eigenvalue weighted by Crippen LogP contribution is -2.04. The molecule has 18 heavy (non-hydrogen) atoms. The number of hydrogen-bond donors (Lipinski definition) is 0. The van der Waals surface area contributed by atoms with Crippen molar-refractivity contribution in [2.75, 3.05) is 0 Å². The lowest BCUT2D eigenvalue weighted by Gasteiger charge is -2.04. The number of halogens is 2.